The minimum atomic E-state index is -4.46. The molecule has 0 saturated heterocycles. The average molecular weight is 514 g/mol. The summed E-state index contributed by atoms with van der Waals surface area (Å²) >= 11 is 0.900. The van der Waals surface area contributed by atoms with E-state index < -0.39 is 11.9 Å². The molecular weight excluding hydrogens is 496 g/mol. The molecule has 0 fully saturated rings. The highest BCUT2D eigenvalue weighted by Crippen LogP contribution is 2.29. The molecule has 0 atom stereocenters. The number of alkyl halides is 3. The second kappa shape index (κ2) is 11.0. The van der Waals surface area contributed by atoms with Crippen LogP contribution in [0.1, 0.15) is 17.6 Å². The first-order valence-corrected chi connectivity index (χ1v) is 8.50. The Kier molecular flexibility index (Phi) is 9.41. The van der Waals surface area contributed by atoms with Gasteiger partial charge in [0, 0.05) is 18.1 Å². The summed E-state index contributed by atoms with van der Waals surface area (Å²) in [5.74, 6) is -0.0404. The summed E-state index contributed by atoms with van der Waals surface area (Å²) in [5, 5.41) is 9.62. The Morgan fingerprint density at radius 3 is 2.70 bits per heavy atom. The quantitative estimate of drug-likeness (QED) is 0.314. The zero-order chi connectivity index (χ0) is 19.0. The predicted molar refractivity (Wildman–Crippen MR) is 108 cm³/mol. The molecular formula is C15H18F3IN6OS. The summed E-state index contributed by atoms with van der Waals surface area (Å²) in [5.41, 5.74) is -0.370. The summed E-state index contributed by atoms with van der Waals surface area (Å²) in [6.07, 6.45) is -1.37. The van der Waals surface area contributed by atoms with Gasteiger partial charge in [0.25, 0.3) is 0 Å². The van der Waals surface area contributed by atoms with Crippen molar-refractivity contribution in [1.29, 1.82) is 0 Å². The molecule has 0 aliphatic heterocycles. The first kappa shape index (κ1) is 23.1. The van der Waals surface area contributed by atoms with Crippen molar-refractivity contribution in [3.05, 3.63) is 40.6 Å². The molecule has 12 heteroatoms. The molecule has 2 rings (SSSR count). The summed E-state index contributed by atoms with van der Waals surface area (Å²) in [4.78, 5) is 23.4. The van der Waals surface area contributed by atoms with Crippen LogP contribution in [0.3, 0.4) is 0 Å². The maximum Gasteiger partial charge on any atom is 0.434 e. The van der Waals surface area contributed by atoms with Gasteiger partial charge in [-0.25, -0.2) is 9.98 Å². The lowest BCUT2D eigenvalue weighted by Crippen LogP contribution is -2.37. The van der Waals surface area contributed by atoms with Gasteiger partial charge in [0.1, 0.15) is 11.6 Å². The van der Waals surface area contributed by atoms with Gasteiger partial charge in [0.2, 0.25) is 5.91 Å². The van der Waals surface area contributed by atoms with Crippen molar-refractivity contribution < 1.29 is 18.0 Å². The number of rotatable bonds is 6. The monoisotopic (exact) mass is 514 g/mol. The third-order valence-corrected chi connectivity index (χ3v) is 3.77. The highest BCUT2D eigenvalue weighted by atomic mass is 127. The van der Waals surface area contributed by atoms with Gasteiger partial charge >= 0.3 is 6.18 Å². The van der Waals surface area contributed by atoms with Crippen LogP contribution in [0.15, 0.2) is 34.9 Å². The summed E-state index contributed by atoms with van der Waals surface area (Å²) in [6, 6.07) is 3.38. The minimum Gasteiger partial charge on any atom is -0.357 e. The number of anilines is 1. The molecule has 0 unspecified atom stereocenters. The van der Waals surface area contributed by atoms with E-state index in [0.29, 0.717) is 18.2 Å². The van der Waals surface area contributed by atoms with E-state index in [0.717, 1.165) is 16.7 Å². The number of carbonyl (C=O) groups is 1. The van der Waals surface area contributed by atoms with Gasteiger partial charge in [-0.1, -0.05) is 0 Å². The van der Waals surface area contributed by atoms with Gasteiger partial charge < -0.3 is 16.0 Å². The van der Waals surface area contributed by atoms with Crippen LogP contribution in [-0.4, -0.2) is 34.9 Å². The van der Waals surface area contributed by atoms with Crippen molar-refractivity contribution in [2.75, 3.05) is 18.4 Å². The zero-order valence-electron chi connectivity index (χ0n) is 14.2. The largest absolute Gasteiger partial charge is 0.434 e. The molecule has 0 spiro atoms. The van der Waals surface area contributed by atoms with Gasteiger partial charge in [-0.15, -0.1) is 35.3 Å². The van der Waals surface area contributed by atoms with Crippen LogP contribution in [-0.2, 0) is 17.5 Å². The second-order valence-corrected chi connectivity index (χ2v) is 5.91. The molecule has 0 radical (unpaired) electrons. The second-order valence-electron chi connectivity index (χ2n) is 4.96. The first-order chi connectivity index (χ1) is 12.4. The number of nitrogens with zero attached hydrogens (tertiary/aromatic N) is 3. The normalized spacial score (nSPS) is 11.5. The highest BCUT2D eigenvalue weighted by molar-refractivity contribution is 14.0. The van der Waals surface area contributed by atoms with E-state index in [9.17, 15) is 18.0 Å². The molecule has 0 saturated carbocycles. The number of thiazole rings is 1. The smallest absolute Gasteiger partial charge is 0.357 e. The van der Waals surface area contributed by atoms with Gasteiger partial charge in [0.15, 0.2) is 11.7 Å². The number of hydrogen-bond donors (Lipinski definition) is 3. The highest BCUT2D eigenvalue weighted by Gasteiger charge is 2.33. The molecule has 148 valence electrons. The number of carbonyl (C=O) groups excluding carboxylic acids is 1. The molecule has 1 amide bonds. The molecule has 0 aliphatic rings. The number of aliphatic imine (C=N–C) groups is 1. The summed E-state index contributed by atoms with van der Waals surface area (Å²) in [6.45, 7) is 2.27. The van der Waals surface area contributed by atoms with E-state index in [-0.39, 0.29) is 48.0 Å². The van der Waals surface area contributed by atoms with Crippen molar-refractivity contribution in [2.45, 2.75) is 19.6 Å². The number of pyridine rings is 1. The number of amides is 1. The minimum absolute atomic E-state index is 0. The Bertz CT molecular complexity index is 754. The lowest BCUT2D eigenvalue weighted by Gasteiger charge is -2.10. The fraction of sp³-hybridized carbons (Fsp3) is 0.333. The van der Waals surface area contributed by atoms with Crippen LogP contribution in [0, 0.1) is 0 Å². The SMILES string of the molecule is CCNC(=NCC(=O)Nc1cccnc1)NCc1nc(C(F)(F)F)cs1.I. The fourth-order valence-electron chi connectivity index (χ4n) is 1.81. The van der Waals surface area contributed by atoms with Crippen LogP contribution in [0.4, 0.5) is 18.9 Å². The van der Waals surface area contributed by atoms with E-state index in [1.807, 2.05) is 6.92 Å². The maximum atomic E-state index is 12.5. The standard InChI is InChI=1S/C15H17F3N6OS.HI/c1-2-20-14(21-7-12(25)23-10-4-3-5-19-6-10)22-8-13-24-11(9-26-13)15(16,17)18;/h3-6,9H,2,7-8H2,1H3,(H,23,25)(H2,20,21,22);1H. The Hall–Kier alpha value is -1.96. The van der Waals surface area contributed by atoms with Gasteiger partial charge in [-0.2, -0.15) is 13.2 Å². The van der Waals surface area contributed by atoms with Crippen molar-refractivity contribution in [3.8, 4) is 0 Å². The van der Waals surface area contributed by atoms with Crippen molar-refractivity contribution >= 4 is 52.9 Å². The third-order valence-electron chi connectivity index (χ3n) is 2.92. The van der Waals surface area contributed by atoms with E-state index in [1.54, 1.807) is 18.3 Å². The molecule has 2 aromatic heterocycles. The number of nitrogens with one attached hydrogen (secondary N) is 3. The van der Waals surface area contributed by atoms with E-state index in [4.69, 9.17) is 0 Å². The first-order valence-electron chi connectivity index (χ1n) is 7.62. The maximum absolute atomic E-state index is 12.5. The number of aromatic nitrogens is 2. The number of hydrogen-bond acceptors (Lipinski definition) is 5. The van der Waals surface area contributed by atoms with Gasteiger partial charge in [-0.3, -0.25) is 9.78 Å². The number of halogens is 4. The zero-order valence-corrected chi connectivity index (χ0v) is 17.4. The lowest BCUT2D eigenvalue weighted by molar-refractivity contribution is -0.140. The number of guanidine groups is 1. The molecule has 3 N–H and O–H groups in total. The Morgan fingerprint density at radius 2 is 2.11 bits per heavy atom. The van der Waals surface area contributed by atoms with Crippen LogP contribution >= 0.6 is 35.3 Å². The van der Waals surface area contributed by atoms with Crippen molar-refractivity contribution in [1.82, 2.24) is 20.6 Å². The Labute approximate surface area is 174 Å². The lowest BCUT2D eigenvalue weighted by atomic mass is 10.4. The molecule has 0 bridgehead atoms. The predicted octanol–water partition coefficient (Wildman–Crippen LogP) is 2.87. The third kappa shape index (κ3) is 8.07. The van der Waals surface area contributed by atoms with Crippen LogP contribution < -0.4 is 16.0 Å². The fourth-order valence-corrected chi connectivity index (χ4v) is 2.55. The molecule has 0 aromatic carbocycles. The Morgan fingerprint density at radius 1 is 1.33 bits per heavy atom. The molecule has 2 heterocycles. The summed E-state index contributed by atoms with van der Waals surface area (Å²) < 4.78 is 37.6. The molecule has 2 aromatic rings. The molecule has 7 nitrogen and oxygen atoms in total. The summed E-state index contributed by atoms with van der Waals surface area (Å²) in [7, 11) is 0. The van der Waals surface area contributed by atoms with Gasteiger partial charge in [-0.05, 0) is 19.1 Å². The van der Waals surface area contributed by atoms with E-state index in [1.165, 1.54) is 6.20 Å². The van der Waals surface area contributed by atoms with Crippen LogP contribution in [0.25, 0.3) is 0 Å². The average Bonchev–Trinajstić information content (AvgIpc) is 3.08. The van der Waals surface area contributed by atoms with Crippen molar-refractivity contribution in [3.63, 3.8) is 0 Å². The van der Waals surface area contributed by atoms with E-state index >= 15 is 0 Å². The molecule has 0 aliphatic carbocycles. The topological polar surface area (TPSA) is 91.3 Å². The van der Waals surface area contributed by atoms with E-state index in [2.05, 4.69) is 30.9 Å². The Balaban J connectivity index is 0.00000364. The van der Waals surface area contributed by atoms with Gasteiger partial charge in [0.05, 0.1) is 18.4 Å². The molecule has 27 heavy (non-hydrogen) atoms. The van der Waals surface area contributed by atoms with Crippen LogP contribution in [0.2, 0.25) is 0 Å². The van der Waals surface area contributed by atoms with Crippen LogP contribution in [0.5, 0.6) is 0 Å². The van der Waals surface area contributed by atoms with Crippen molar-refractivity contribution in [2.24, 2.45) is 4.99 Å².